The van der Waals surface area contributed by atoms with Crippen LogP contribution in [0.3, 0.4) is 0 Å². The van der Waals surface area contributed by atoms with Gasteiger partial charge in [-0.05, 0) is 18.4 Å². The zero-order chi connectivity index (χ0) is 13.0. The van der Waals surface area contributed by atoms with Crippen LogP contribution in [0.1, 0.15) is 12.0 Å². The average molecular weight is 246 g/mol. The van der Waals surface area contributed by atoms with Crippen molar-refractivity contribution in [3.05, 3.63) is 35.9 Å². The van der Waals surface area contributed by atoms with E-state index in [9.17, 15) is 4.79 Å². The number of ether oxygens (including phenoxy) is 1. The molecule has 3 atom stereocenters. The van der Waals surface area contributed by atoms with Gasteiger partial charge in [0.25, 0.3) is 0 Å². The molecule has 96 valence electrons. The fourth-order valence-corrected chi connectivity index (χ4v) is 2.26. The number of carbonyl (C=O) groups is 1. The van der Waals surface area contributed by atoms with Crippen LogP contribution in [0.5, 0.6) is 0 Å². The molecule has 0 radical (unpaired) electrons. The lowest BCUT2D eigenvalue weighted by molar-refractivity contribution is -0.146. The van der Waals surface area contributed by atoms with Gasteiger partial charge in [-0.1, -0.05) is 30.3 Å². The third kappa shape index (κ3) is 2.96. The van der Waals surface area contributed by atoms with E-state index in [0.717, 1.165) is 6.42 Å². The topological polar surface area (TPSA) is 64.7 Å². The fourth-order valence-electron chi connectivity index (χ4n) is 2.26. The summed E-state index contributed by atoms with van der Waals surface area (Å²) >= 11 is 0. The molecule has 1 aromatic rings. The third-order valence-corrected chi connectivity index (χ3v) is 3.28. The predicted octanol–water partition coefficient (Wildman–Crippen LogP) is 1.19. The predicted molar refractivity (Wildman–Crippen MR) is 70.5 cm³/mol. The molecule has 0 amide bonds. The summed E-state index contributed by atoms with van der Waals surface area (Å²) in [6, 6.07) is 9.91. The largest absolute Gasteiger partial charge is 0.469 e. The zero-order valence-corrected chi connectivity index (χ0v) is 10.5. The van der Waals surface area contributed by atoms with E-state index in [0.29, 0.717) is 6.42 Å². The lowest BCUT2D eigenvalue weighted by atomic mass is 9.88. The van der Waals surface area contributed by atoms with Crippen LogP contribution in [0.25, 0.3) is 0 Å². The summed E-state index contributed by atoms with van der Waals surface area (Å²) in [6.45, 7) is 0. The second kappa shape index (κ2) is 5.78. The van der Waals surface area contributed by atoms with E-state index in [2.05, 4.69) is 17.1 Å². The molecule has 0 spiro atoms. The van der Waals surface area contributed by atoms with Crippen molar-refractivity contribution < 1.29 is 9.53 Å². The molecule has 1 aromatic carbocycles. The van der Waals surface area contributed by atoms with Gasteiger partial charge in [0, 0.05) is 6.21 Å². The Balaban J connectivity index is 2.03. The van der Waals surface area contributed by atoms with Gasteiger partial charge < -0.3 is 10.5 Å². The SMILES string of the molecule is COC(=O)C1CC(Cc2ccccc2)N=CC1N. The Bertz CT molecular complexity index is 431. The molecule has 0 saturated heterocycles. The smallest absolute Gasteiger partial charge is 0.310 e. The van der Waals surface area contributed by atoms with Gasteiger partial charge in [0.05, 0.1) is 25.1 Å². The summed E-state index contributed by atoms with van der Waals surface area (Å²) in [6.07, 6.45) is 3.16. The number of nitrogens with two attached hydrogens (primary N) is 1. The molecule has 0 saturated carbocycles. The van der Waals surface area contributed by atoms with Crippen LogP contribution >= 0.6 is 0 Å². The monoisotopic (exact) mass is 246 g/mol. The molecule has 1 heterocycles. The number of rotatable bonds is 3. The number of hydrogen-bond donors (Lipinski definition) is 1. The summed E-state index contributed by atoms with van der Waals surface area (Å²) < 4.78 is 4.78. The average Bonchev–Trinajstić information content (AvgIpc) is 2.41. The van der Waals surface area contributed by atoms with Crippen LogP contribution < -0.4 is 5.73 Å². The van der Waals surface area contributed by atoms with Gasteiger partial charge in [0.15, 0.2) is 0 Å². The van der Waals surface area contributed by atoms with E-state index in [1.807, 2.05) is 18.2 Å². The maximum absolute atomic E-state index is 11.6. The molecule has 2 rings (SSSR count). The summed E-state index contributed by atoms with van der Waals surface area (Å²) in [5.74, 6) is -0.520. The first-order valence-electron chi connectivity index (χ1n) is 6.11. The molecule has 18 heavy (non-hydrogen) atoms. The molecule has 1 aliphatic heterocycles. The number of methoxy groups -OCH3 is 1. The van der Waals surface area contributed by atoms with Crippen molar-refractivity contribution in [3.63, 3.8) is 0 Å². The van der Waals surface area contributed by atoms with Gasteiger partial charge >= 0.3 is 5.97 Å². The summed E-state index contributed by atoms with van der Waals surface area (Å²) in [5.41, 5.74) is 7.08. The van der Waals surface area contributed by atoms with Crippen molar-refractivity contribution in [2.24, 2.45) is 16.6 Å². The number of carbonyl (C=O) groups excluding carboxylic acids is 1. The normalized spacial score (nSPS) is 26.9. The minimum atomic E-state index is -0.329. The molecule has 0 bridgehead atoms. The Kier molecular flexibility index (Phi) is 4.10. The van der Waals surface area contributed by atoms with Gasteiger partial charge in [0.2, 0.25) is 0 Å². The molecule has 4 heteroatoms. The lowest BCUT2D eigenvalue weighted by Crippen LogP contribution is -2.43. The molecular formula is C14H18N2O2. The van der Waals surface area contributed by atoms with Crippen LogP contribution in [0.15, 0.2) is 35.3 Å². The maximum Gasteiger partial charge on any atom is 0.310 e. The van der Waals surface area contributed by atoms with Crippen LogP contribution in [-0.4, -0.2) is 31.4 Å². The molecule has 0 fully saturated rings. The highest BCUT2D eigenvalue weighted by Gasteiger charge is 2.31. The van der Waals surface area contributed by atoms with Crippen molar-refractivity contribution in [2.75, 3.05) is 7.11 Å². The van der Waals surface area contributed by atoms with Gasteiger partial charge in [-0.2, -0.15) is 0 Å². The van der Waals surface area contributed by atoms with Crippen molar-refractivity contribution in [1.82, 2.24) is 0 Å². The lowest BCUT2D eigenvalue weighted by Gasteiger charge is -2.27. The second-order valence-corrected chi connectivity index (χ2v) is 4.58. The number of esters is 1. The Labute approximate surface area is 107 Å². The van der Waals surface area contributed by atoms with E-state index >= 15 is 0 Å². The first-order valence-corrected chi connectivity index (χ1v) is 6.11. The number of aliphatic imine (C=N–C) groups is 1. The third-order valence-electron chi connectivity index (χ3n) is 3.28. The van der Waals surface area contributed by atoms with Crippen molar-refractivity contribution in [2.45, 2.75) is 24.9 Å². The molecular weight excluding hydrogens is 228 g/mol. The molecule has 2 N–H and O–H groups in total. The van der Waals surface area contributed by atoms with Crippen LogP contribution in [0, 0.1) is 5.92 Å². The number of nitrogens with zero attached hydrogens (tertiary/aromatic N) is 1. The molecule has 4 nitrogen and oxygen atoms in total. The van der Waals surface area contributed by atoms with Crippen molar-refractivity contribution >= 4 is 12.2 Å². The first-order chi connectivity index (χ1) is 8.70. The Morgan fingerprint density at radius 1 is 1.44 bits per heavy atom. The highest BCUT2D eigenvalue weighted by molar-refractivity contribution is 5.80. The summed E-state index contributed by atoms with van der Waals surface area (Å²) in [7, 11) is 1.40. The van der Waals surface area contributed by atoms with E-state index < -0.39 is 0 Å². The fraction of sp³-hybridized carbons (Fsp3) is 0.429. The summed E-state index contributed by atoms with van der Waals surface area (Å²) in [5, 5.41) is 0. The quantitative estimate of drug-likeness (QED) is 0.815. The minimum Gasteiger partial charge on any atom is -0.469 e. The van der Waals surface area contributed by atoms with Gasteiger partial charge in [-0.3, -0.25) is 9.79 Å². The number of benzene rings is 1. The number of hydrogen-bond acceptors (Lipinski definition) is 4. The first kappa shape index (κ1) is 12.8. The van der Waals surface area contributed by atoms with E-state index in [4.69, 9.17) is 10.5 Å². The standard InChI is InChI=1S/C14H18N2O2/c1-18-14(17)12-8-11(16-9-13(12)15)7-10-5-3-2-4-6-10/h2-6,9,11-13H,7-8,15H2,1H3. The molecule has 3 unspecified atom stereocenters. The molecule has 0 aromatic heterocycles. The van der Waals surface area contributed by atoms with E-state index in [-0.39, 0.29) is 24.0 Å². The zero-order valence-electron chi connectivity index (χ0n) is 10.5. The van der Waals surface area contributed by atoms with Crippen molar-refractivity contribution in [3.8, 4) is 0 Å². The van der Waals surface area contributed by atoms with E-state index in [1.165, 1.54) is 12.7 Å². The highest BCUT2D eigenvalue weighted by atomic mass is 16.5. The van der Waals surface area contributed by atoms with Gasteiger partial charge in [-0.25, -0.2) is 0 Å². The highest BCUT2D eigenvalue weighted by Crippen LogP contribution is 2.21. The Morgan fingerprint density at radius 2 is 2.17 bits per heavy atom. The van der Waals surface area contributed by atoms with E-state index in [1.54, 1.807) is 6.21 Å². The summed E-state index contributed by atoms with van der Waals surface area (Å²) in [4.78, 5) is 16.0. The Morgan fingerprint density at radius 3 is 2.83 bits per heavy atom. The van der Waals surface area contributed by atoms with Gasteiger partial charge in [-0.15, -0.1) is 0 Å². The van der Waals surface area contributed by atoms with Crippen LogP contribution in [0.4, 0.5) is 0 Å². The van der Waals surface area contributed by atoms with Crippen molar-refractivity contribution in [1.29, 1.82) is 0 Å². The molecule has 0 aliphatic carbocycles. The molecule has 1 aliphatic rings. The Hall–Kier alpha value is -1.68. The van der Waals surface area contributed by atoms with Crippen LogP contribution in [0.2, 0.25) is 0 Å². The van der Waals surface area contributed by atoms with Gasteiger partial charge in [0.1, 0.15) is 0 Å². The van der Waals surface area contributed by atoms with Crippen LogP contribution in [-0.2, 0) is 16.0 Å². The minimum absolute atomic E-state index is 0.108. The maximum atomic E-state index is 11.6. The second-order valence-electron chi connectivity index (χ2n) is 4.58.